The van der Waals surface area contributed by atoms with Crippen LogP contribution in [0.3, 0.4) is 0 Å². The first-order valence-corrected chi connectivity index (χ1v) is 6.64. The summed E-state index contributed by atoms with van der Waals surface area (Å²) in [7, 11) is -0.889. The highest BCUT2D eigenvalue weighted by atomic mass is 32.2. The molecule has 84 valence electrons. The van der Waals surface area contributed by atoms with Crippen molar-refractivity contribution in [2.45, 2.75) is 31.7 Å². The lowest BCUT2D eigenvalue weighted by molar-refractivity contribution is 0.607. The maximum absolute atomic E-state index is 12.0. The van der Waals surface area contributed by atoms with Crippen LogP contribution in [0.2, 0.25) is 0 Å². The Morgan fingerprint density at radius 1 is 1.40 bits per heavy atom. The standard InChI is InChI=1S/C12H19NOS/c1-4-13-11(3)9-15(14)12-8-6-5-7-10(12)2/h5-8,11,13H,4,9H2,1-3H3. The van der Waals surface area contributed by atoms with E-state index in [1.54, 1.807) is 0 Å². The van der Waals surface area contributed by atoms with Gasteiger partial charge in [-0.05, 0) is 32.0 Å². The minimum Gasteiger partial charge on any atom is -0.314 e. The van der Waals surface area contributed by atoms with Crippen molar-refractivity contribution in [3.63, 3.8) is 0 Å². The Morgan fingerprint density at radius 3 is 2.67 bits per heavy atom. The molecule has 0 amide bonds. The summed E-state index contributed by atoms with van der Waals surface area (Å²) < 4.78 is 12.0. The Balaban J connectivity index is 2.65. The molecule has 0 bridgehead atoms. The van der Waals surface area contributed by atoms with Gasteiger partial charge in [-0.25, -0.2) is 0 Å². The third kappa shape index (κ3) is 3.76. The predicted octanol–water partition coefficient (Wildman–Crippen LogP) is 2.10. The number of rotatable bonds is 5. The zero-order valence-corrected chi connectivity index (χ0v) is 10.4. The quantitative estimate of drug-likeness (QED) is 0.831. The maximum Gasteiger partial charge on any atom is 0.0547 e. The Kier molecular flexibility index (Phi) is 4.99. The summed E-state index contributed by atoms with van der Waals surface area (Å²) in [6.45, 7) is 7.06. The van der Waals surface area contributed by atoms with Gasteiger partial charge < -0.3 is 5.32 Å². The first-order valence-electron chi connectivity index (χ1n) is 5.32. The molecule has 0 radical (unpaired) electrons. The molecule has 0 fully saturated rings. The third-order valence-corrected chi connectivity index (χ3v) is 4.04. The highest BCUT2D eigenvalue weighted by molar-refractivity contribution is 7.85. The molecule has 1 aromatic rings. The summed E-state index contributed by atoms with van der Waals surface area (Å²) in [5, 5.41) is 3.27. The lowest BCUT2D eigenvalue weighted by atomic mass is 10.2. The van der Waals surface area contributed by atoms with Gasteiger partial charge in [-0.15, -0.1) is 0 Å². The van der Waals surface area contributed by atoms with Crippen molar-refractivity contribution >= 4 is 10.8 Å². The van der Waals surface area contributed by atoms with Crippen LogP contribution in [0.4, 0.5) is 0 Å². The molecule has 0 aromatic heterocycles. The van der Waals surface area contributed by atoms with Crippen molar-refractivity contribution in [1.82, 2.24) is 5.32 Å². The SMILES string of the molecule is CCNC(C)CS(=O)c1ccccc1C. The second-order valence-corrected chi connectivity index (χ2v) is 5.20. The van der Waals surface area contributed by atoms with Crippen LogP contribution in [0.1, 0.15) is 19.4 Å². The van der Waals surface area contributed by atoms with Gasteiger partial charge >= 0.3 is 0 Å². The second-order valence-electron chi connectivity index (χ2n) is 3.74. The van der Waals surface area contributed by atoms with Crippen LogP contribution in [-0.4, -0.2) is 22.5 Å². The van der Waals surface area contributed by atoms with Crippen LogP contribution >= 0.6 is 0 Å². The molecular weight excluding hydrogens is 206 g/mol. The van der Waals surface area contributed by atoms with E-state index in [0.29, 0.717) is 11.8 Å². The highest BCUT2D eigenvalue weighted by Gasteiger charge is 2.10. The van der Waals surface area contributed by atoms with Crippen LogP contribution in [-0.2, 0) is 10.8 Å². The van der Waals surface area contributed by atoms with E-state index >= 15 is 0 Å². The highest BCUT2D eigenvalue weighted by Crippen LogP contribution is 2.12. The van der Waals surface area contributed by atoms with Gasteiger partial charge in [0.2, 0.25) is 0 Å². The fourth-order valence-electron chi connectivity index (χ4n) is 1.54. The molecular formula is C12H19NOS. The number of hydrogen-bond donors (Lipinski definition) is 1. The van der Waals surface area contributed by atoms with E-state index < -0.39 is 10.8 Å². The monoisotopic (exact) mass is 225 g/mol. The van der Waals surface area contributed by atoms with Gasteiger partial charge in [-0.3, -0.25) is 4.21 Å². The predicted molar refractivity (Wildman–Crippen MR) is 65.6 cm³/mol. The van der Waals surface area contributed by atoms with Crippen LogP contribution in [0.25, 0.3) is 0 Å². The summed E-state index contributed by atoms with van der Waals surface area (Å²) in [6, 6.07) is 8.17. The summed E-state index contributed by atoms with van der Waals surface area (Å²) in [5.74, 6) is 0.679. The summed E-state index contributed by atoms with van der Waals surface area (Å²) in [5.41, 5.74) is 1.11. The van der Waals surface area contributed by atoms with Gasteiger partial charge in [0.15, 0.2) is 0 Å². The van der Waals surface area contributed by atoms with Crippen molar-refractivity contribution in [2.75, 3.05) is 12.3 Å². The number of nitrogens with one attached hydrogen (secondary N) is 1. The minimum atomic E-state index is -0.889. The van der Waals surface area contributed by atoms with Gasteiger partial charge in [0.1, 0.15) is 0 Å². The molecule has 0 aliphatic carbocycles. The maximum atomic E-state index is 12.0. The van der Waals surface area contributed by atoms with E-state index in [2.05, 4.69) is 19.2 Å². The van der Waals surface area contributed by atoms with Gasteiger partial charge in [0.05, 0.1) is 10.8 Å². The largest absolute Gasteiger partial charge is 0.314 e. The minimum absolute atomic E-state index is 0.301. The number of hydrogen-bond acceptors (Lipinski definition) is 2. The first kappa shape index (κ1) is 12.4. The van der Waals surface area contributed by atoms with Crippen LogP contribution in [0.15, 0.2) is 29.2 Å². The van der Waals surface area contributed by atoms with E-state index in [1.165, 1.54) is 0 Å². The third-order valence-electron chi connectivity index (χ3n) is 2.29. The van der Waals surface area contributed by atoms with E-state index in [0.717, 1.165) is 17.0 Å². The smallest absolute Gasteiger partial charge is 0.0547 e. The van der Waals surface area contributed by atoms with Gasteiger partial charge in [0, 0.05) is 16.7 Å². The summed E-state index contributed by atoms with van der Waals surface area (Å²) in [4.78, 5) is 0.960. The lowest BCUT2D eigenvalue weighted by Crippen LogP contribution is -2.30. The average molecular weight is 225 g/mol. The normalized spacial score (nSPS) is 14.9. The Morgan fingerprint density at radius 2 is 2.07 bits per heavy atom. The summed E-state index contributed by atoms with van der Waals surface area (Å²) in [6.07, 6.45) is 0. The Hall–Kier alpha value is -0.670. The fraction of sp³-hybridized carbons (Fsp3) is 0.500. The molecule has 0 aliphatic rings. The van der Waals surface area contributed by atoms with E-state index in [-0.39, 0.29) is 0 Å². The fourth-order valence-corrected chi connectivity index (χ4v) is 2.95. The van der Waals surface area contributed by atoms with Crippen molar-refractivity contribution in [2.24, 2.45) is 0 Å². The molecule has 3 heteroatoms. The zero-order valence-electron chi connectivity index (χ0n) is 9.62. The molecule has 0 saturated heterocycles. The first-order chi connectivity index (χ1) is 7.15. The molecule has 0 saturated carbocycles. The van der Waals surface area contributed by atoms with E-state index in [9.17, 15) is 4.21 Å². The van der Waals surface area contributed by atoms with E-state index in [4.69, 9.17) is 0 Å². The Labute approximate surface area is 94.5 Å². The molecule has 0 spiro atoms. The lowest BCUT2D eigenvalue weighted by Gasteiger charge is -2.12. The number of aryl methyl sites for hydroxylation is 1. The zero-order chi connectivity index (χ0) is 11.3. The molecule has 0 aliphatic heterocycles. The van der Waals surface area contributed by atoms with E-state index in [1.807, 2.05) is 31.2 Å². The van der Waals surface area contributed by atoms with Gasteiger partial charge in [-0.2, -0.15) is 0 Å². The van der Waals surface area contributed by atoms with Crippen molar-refractivity contribution in [1.29, 1.82) is 0 Å². The van der Waals surface area contributed by atoms with Gasteiger partial charge in [0.25, 0.3) is 0 Å². The van der Waals surface area contributed by atoms with Crippen molar-refractivity contribution in [3.8, 4) is 0 Å². The molecule has 2 atom stereocenters. The molecule has 1 rings (SSSR count). The molecule has 1 N–H and O–H groups in total. The molecule has 2 nitrogen and oxygen atoms in total. The average Bonchev–Trinajstić information content (AvgIpc) is 2.18. The van der Waals surface area contributed by atoms with Crippen molar-refractivity contribution in [3.05, 3.63) is 29.8 Å². The molecule has 0 heterocycles. The summed E-state index contributed by atoms with van der Waals surface area (Å²) >= 11 is 0. The van der Waals surface area contributed by atoms with Crippen LogP contribution < -0.4 is 5.32 Å². The molecule has 15 heavy (non-hydrogen) atoms. The van der Waals surface area contributed by atoms with Crippen LogP contribution in [0, 0.1) is 6.92 Å². The topological polar surface area (TPSA) is 29.1 Å². The molecule has 2 unspecified atom stereocenters. The van der Waals surface area contributed by atoms with Crippen LogP contribution in [0.5, 0.6) is 0 Å². The number of benzene rings is 1. The second kappa shape index (κ2) is 6.03. The van der Waals surface area contributed by atoms with Gasteiger partial charge in [-0.1, -0.05) is 25.1 Å². The molecule has 1 aromatic carbocycles. The Bertz CT molecular complexity index is 338. The van der Waals surface area contributed by atoms with Crippen molar-refractivity contribution < 1.29 is 4.21 Å².